The average molecular weight is 363 g/mol. The number of amides is 1. The highest BCUT2D eigenvalue weighted by Crippen LogP contribution is 2.21. The molecule has 1 N–H and O–H groups in total. The molecule has 1 saturated heterocycles. The van der Waals surface area contributed by atoms with E-state index in [1.807, 2.05) is 18.2 Å². The van der Waals surface area contributed by atoms with Gasteiger partial charge in [0.2, 0.25) is 0 Å². The molecule has 0 bridgehead atoms. The molecule has 0 spiro atoms. The van der Waals surface area contributed by atoms with Crippen molar-refractivity contribution in [3.8, 4) is 0 Å². The van der Waals surface area contributed by atoms with E-state index < -0.39 is 0 Å². The van der Waals surface area contributed by atoms with Crippen molar-refractivity contribution in [1.82, 2.24) is 10.3 Å². The Balaban J connectivity index is 1.34. The maximum Gasteiger partial charge on any atom is 0.287 e. The number of aromatic nitrogens is 1. The molecule has 4 rings (SSSR count). The van der Waals surface area contributed by atoms with Gasteiger partial charge >= 0.3 is 0 Å². The van der Waals surface area contributed by atoms with Crippen molar-refractivity contribution < 1.29 is 9.21 Å². The third kappa shape index (κ3) is 3.84. The number of rotatable bonds is 4. The molecule has 1 fully saturated rings. The molecule has 0 unspecified atom stereocenters. The maximum atomic E-state index is 12.4. The van der Waals surface area contributed by atoms with E-state index in [1.54, 1.807) is 30.5 Å². The highest BCUT2D eigenvalue weighted by molar-refractivity contribution is 5.93. The fourth-order valence-corrected chi connectivity index (χ4v) is 3.45. The zero-order chi connectivity index (χ0) is 18.6. The first kappa shape index (κ1) is 17.3. The van der Waals surface area contributed by atoms with E-state index in [9.17, 15) is 9.59 Å². The number of nitrogens with zero attached hydrogens (tertiary/aromatic N) is 2. The second-order valence-corrected chi connectivity index (χ2v) is 6.80. The molecule has 1 amide bonds. The van der Waals surface area contributed by atoms with Crippen molar-refractivity contribution in [1.29, 1.82) is 0 Å². The Kier molecular flexibility index (Phi) is 4.87. The van der Waals surface area contributed by atoms with Crippen LogP contribution in [0.1, 0.15) is 23.4 Å². The molecule has 6 heteroatoms. The molecule has 2 aromatic heterocycles. The second kappa shape index (κ2) is 7.61. The highest BCUT2D eigenvalue weighted by atomic mass is 16.3. The van der Waals surface area contributed by atoms with Crippen molar-refractivity contribution in [3.63, 3.8) is 0 Å². The Bertz CT molecular complexity index is 992. The minimum Gasteiger partial charge on any atom is -0.451 e. The van der Waals surface area contributed by atoms with Gasteiger partial charge < -0.3 is 14.6 Å². The number of hydrogen-bond acceptors (Lipinski definition) is 5. The summed E-state index contributed by atoms with van der Waals surface area (Å²) in [6.45, 7) is 2.41. The largest absolute Gasteiger partial charge is 0.451 e. The fraction of sp³-hybridized carbons (Fsp3) is 0.286. The molecule has 1 aliphatic rings. The standard InChI is InChI=1S/C21H21N3O3/c25-17-13-19(27-18-6-2-1-5-16(17)18)21(26)23-14-15-8-11-24(12-9-15)20-7-3-4-10-22-20/h1-7,10,13,15H,8-9,11-12,14H2,(H,23,26). The number of nitrogens with one attached hydrogen (secondary N) is 1. The fourth-order valence-electron chi connectivity index (χ4n) is 3.45. The van der Waals surface area contributed by atoms with Crippen molar-refractivity contribution >= 4 is 22.7 Å². The summed E-state index contributed by atoms with van der Waals surface area (Å²) in [4.78, 5) is 31.2. The van der Waals surface area contributed by atoms with E-state index >= 15 is 0 Å². The lowest BCUT2D eigenvalue weighted by atomic mass is 9.96. The smallest absolute Gasteiger partial charge is 0.287 e. The van der Waals surface area contributed by atoms with E-state index in [-0.39, 0.29) is 17.1 Å². The average Bonchev–Trinajstić information content (AvgIpc) is 2.73. The van der Waals surface area contributed by atoms with E-state index in [1.165, 1.54) is 6.07 Å². The predicted octanol–water partition coefficient (Wildman–Crippen LogP) is 2.83. The van der Waals surface area contributed by atoms with Crippen molar-refractivity contribution in [3.05, 3.63) is 70.7 Å². The van der Waals surface area contributed by atoms with Gasteiger partial charge in [0.25, 0.3) is 5.91 Å². The molecule has 138 valence electrons. The van der Waals surface area contributed by atoms with Crippen LogP contribution in [0.4, 0.5) is 5.82 Å². The minimum absolute atomic E-state index is 0.0598. The predicted molar refractivity (Wildman–Crippen MR) is 104 cm³/mol. The van der Waals surface area contributed by atoms with Crippen LogP contribution in [0.25, 0.3) is 11.0 Å². The van der Waals surface area contributed by atoms with Gasteiger partial charge in [-0.25, -0.2) is 4.98 Å². The lowest BCUT2D eigenvalue weighted by Gasteiger charge is -2.32. The van der Waals surface area contributed by atoms with E-state index in [0.717, 1.165) is 31.7 Å². The number of carbonyl (C=O) groups is 1. The van der Waals surface area contributed by atoms with Crippen LogP contribution in [0.3, 0.4) is 0 Å². The van der Waals surface area contributed by atoms with Crippen molar-refractivity contribution in [2.75, 3.05) is 24.5 Å². The van der Waals surface area contributed by atoms with Crippen LogP contribution in [0.2, 0.25) is 0 Å². The van der Waals surface area contributed by atoms with Gasteiger partial charge in [-0.15, -0.1) is 0 Å². The zero-order valence-electron chi connectivity index (χ0n) is 14.9. The van der Waals surface area contributed by atoms with Gasteiger partial charge in [-0.3, -0.25) is 9.59 Å². The molecule has 3 heterocycles. The van der Waals surface area contributed by atoms with E-state index in [4.69, 9.17) is 4.42 Å². The first-order valence-electron chi connectivity index (χ1n) is 9.18. The topological polar surface area (TPSA) is 75.4 Å². The van der Waals surface area contributed by atoms with Gasteiger partial charge in [-0.05, 0) is 43.0 Å². The number of piperidine rings is 1. The molecule has 0 saturated carbocycles. The molecule has 6 nitrogen and oxygen atoms in total. The molecule has 0 radical (unpaired) electrons. The van der Waals surface area contributed by atoms with Crippen LogP contribution in [0.15, 0.2) is 63.9 Å². The lowest BCUT2D eigenvalue weighted by molar-refractivity contribution is 0.0917. The number of fused-ring (bicyclic) bond motifs is 1. The third-order valence-corrected chi connectivity index (χ3v) is 5.00. The zero-order valence-corrected chi connectivity index (χ0v) is 14.9. The Morgan fingerprint density at radius 1 is 1.15 bits per heavy atom. The van der Waals surface area contributed by atoms with Crippen molar-refractivity contribution in [2.45, 2.75) is 12.8 Å². The lowest BCUT2D eigenvalue weighted by Crippen LogP contribution is -2.39. The molecule has 0 aliphatic carbocycles. The van der Waals surface area contributed by atoms with Gasteiger partial charge in [-0.2, -0.15) is 0 Å². The summed E-state index contributed by atoms with van der Waals surface area (Å²) < 4.78 is 5.59. The number of pyridine rings is 1. The highest BCUT2D eigenvalue weighted by Gasteiger charge is 2.21. The first-order chi connectivity index (χ1) is 13.2. The summed E-state index contributed by atoms with van der Waals surface area (Å²) in [5, 5.41) is 3.39. The van der Waals surface area contributed by atoms with Gasteiger partial charge in [0.05, 0.1) is 5.39 Å². The first-order valence-corrected chi connectivity index (χ1v) is 9.18. The van der Waals surface area contributed by atoms with Gasteiger partial charge in [-0.1, -0.05) is 18.2 Å². The van der Waals surface area contributed by atoms with Gasteiger partial charge in [0, 0.05) is 31.9 Å². The minimum atomic E-state index is -0.343. The van der Waals surface area contributed by atoms with Gasteiger partial charge in [0.15, 0.2) is 11.2 Å². The van der Waals surface area contributed by atoms with Crippen LogP contribution < -0.4 is 15.6 Å². The van der Waals surface area contributed by atoms with Crippen LogP contribution in [0, 0.1) is 5.92 Å². The van der Waals surface area contributed by atoms with E-state index in [0.29, 0.717) is 23.4 Å². The van der Waals surface area contributed by atoms with Gasteiger partial charge in [0.1, 0.15) is 11.4 Å². The Labute approximate surface area is 156 Å². The SMILES string of the molecule is O=C(NCC1CCN(c2ccccn2)CC1)c1cc(=O)c2ccccc2o1. The van der Waals surface area contributed by atoms with Crippen LogP contribution in [-0.2, 0) is 0 Å². The molecule has 27 heavy (non-hydrogen) atoms. The summed E-state index contributed by atoms with van der Waals surface area (Å²) in [7, 11) is 0. The Morgan fingerprint density at radius 2 is 1.93 bits per heavy atom. The van der Waals surface area contributed by atoms with E-state index in [2.05, 4.69) is 15.2 Å². The monoisotopic (exact) mass is 363 g/mol. The number of para-hydroxylation sites is 1. The second-order valence-electron chi connectivity index (χ2n) is 6.80. The summed E-state index contributed by atoms with van der Waals surface area (Å²) in [5.41, 5.74) is 0.226. The van der Waals surface area contributed by atoms with Crippen LogP contribution in [-0.4, -0.2) is 30.5 Å². The Morgan fingerprint density at radius 3 is 2.70 bits per heavy atom. The molecule has 0 atom stereocenters. The number of benzene rings is 1. The molecule has 1 aliphatic heterocycles. The Hall–Kier alpha value is -3.15. The number of anilines is 1. The van der Waals surface area contributed by atoms with Crippen LogP contribution >= 0.6 is 0 Å². The number of hydrogen-bond donors (Lipinski definition) is 1. The normalized spacial score (nSPS) is 15.0. The molecule has 3 aromatic rings. The third-order valence-electron chi connectivity index (χ3n) is 5.00. The maximum absolute atomic E-state index is 12.4. The summed E-state index contributed by atoms with van der Waals surface area (Å²) in [6, 6.07) is 14.1. The molecule has 1 aromatic carbocycles. The quantitative estimate of drug-likeness (QED) is 0.771. The summed E-state index contributed by atoms with van der Waals surface area (Å²) in [5.74, 6) is 1.12. The summed E-state index contributed by atoms with van der Waals surface area (Å²) >= 11 is 0. The van der Waals surface area contributed by atoms with Crippen LogP contribution in [0.5, 0.6) is 0 Å². The molecular weight excluding hydrogens is 342 g/mol. The summed E-state index contributed by atoms with van der Waals surface area (Å²) in [6.07, 6.45) is 3.77. The van der Waals surface area contributed by atoms with Crippen molar-refractivity contribution in [2.24, 2.45) is 5.92 Å². The number of carbonyl (C=O) groups excluding carboxylic acids is 1. The molecular formula is C21H21N3O3.